The molecule has 0 radical (unpaired) electrons. The highest BCUT2D eigenvalue weighted by molar-refractivity contribution is 5.89. The molecule has 1 aromatic carbocycles. The largest absolute Gasteiger partial charge is 0.462 e. The van der Waals surface area contributed by atoms with Crippen LogP contribution in [0.1, 0.15) is 55.6 Å². The molecule has 1 heterocycles. The maximum atomic E-state index is 13.5. The molecule has 1 unspecified atom stereocenters. The third kappa shape index (κ3) is 6.92. The third-order valence-electron chi connectivity index (χ3n) is 4.31. The van der Waals surface area contributed by atoms with Crippen LogP contribution in [-0.4, -0.2) is 48.3 Å². The number of nitrogens with one attached hydrogen (secondary N) is 1. The summed E-state index contributed by atoms with van der Waals surface area (Å²) in [5, 5.41) is 2.75. The van der Waals surface area contributed by atoms with Crippen LogP contribution in [0.2, 0.25) is 0 Å². The molecule has 0 saturated carbocycles. The number of alkyl carbamates (subject to hydrolysis) is 1. The van der Waals surface area contributed by atoms with E-state index in [9.17, 15) is 22.8 Å². The Morgan fingerprint density at radius 3 is 2.52 bits per heavy atom. The Morgan fingerprint density at radius 1 is 1.24 bits per heavy atom. The van der Waals surface area contributed by atoms with Gasteiger partial charge in [-0.25, -0.2) is 9.59 Å². The number of carbonyl (C=O) groups is 2. The van der Waals surface area contributed by atoms with E-state index in [4.69, 9.17) is 9.47 Å². The molecule has 2 rings (SSSR count). The van der Waals surface area contributed by atoms with Gasteiger partial charge in [0, 0.05) is 25.7 Å². The molecule has 1 amide bonds. The molecule has 162 valence electrons. The average molecular weight is 416 g/mol. The van der Waals surface area contributed by atoms with Crippen molar-refractivity contribution in [1.82, 2.24) is 10.2 Å². The predicted octanol–water partition coefficient (Wildman–Crippen LogP) is 3.98. The highest BCUT2D eigenvalue weighted by Gasteiger charge is 2.35. The molecule has 6 nitrogen and oxygen atoms in total. The highest BCUT2D eigenvalue weighted by Crippen LogP contribution is 2.34. The van der Waals surface area contributed by atoms with Crippen LogP contribution < -0.4 is 5.32 Å². The molecule has 0 aromatic heterocycles. The smallest absolute Gasteiger partial charge is 0.416 e. The first kappa shape index (κ1) is 23.0. The standard InChI is InChI=1S/C20H27F3N2O4/c1-5-28-17(26)13-6-7-14(16(10-13)20(21,22)23)11-25-9-8-15(12-25)24-18(27)29-19(2,3)4/h6-7,10,15H,5,8-9,11-12H2,1-4H3,(H,24,27). The fourth-order valence-corrected chi connectivity index (χ4v) is 3.13. The van der Waals surface area contributed by atoms with E-state index >= 15 is 0 Å². The van der Waals surface area contributed by atoms with E-state index in [2.05, 4.69) is 5.32 Å². The molecule has 1 aliphatic rings. The molecule has 1 aromatic rings. The summed E-state index contributed by atoms with van der Waals surface area (Å²) in [5.41, 5.74) is -1.53. The number of esters is 1. The number of halogens is 3. The lowest BCUT2D eigenvalue weighted by Crippen LogP contribution is -2.40. The molecule has 1 atom stereocenters. The van der Waals surface area contributed by atoms with Gasteiger partial charge in [-0.1, -0.05) is 6.07 Å². The normalized spacial score (nSPS) is 17.8. The Balaban J connectivity index is 2.06. The van der Waals surface area contributed by atoms with Crippen LogP contribution in [0.3, 0.4) is 0 Å². The van der Waals surface area contributed by atoms with E-state index in [1.54, 1.807) is 27.7 Å². The highest BCUT2D eigenvalue weighted by atomic mass is 19.4. The number of hydrogen-bond acceptors (Lipinski definition) is 5. The number of benzene rings is 1. The molecule has 0 aliphatic carbocycles. The minimum absolute atomic E-state index is 0.0600. The van der Waals surface area contributed by atoms with Crippen LogP contribution in [0.25, 0.3) is 0 Å². The van der Waals surface area contributed by atoms with E-state index in [0.29, 0.717) is 19.5 Å². The third-order valence-corrected chi connectivity index (χ3v) is 4.31. The van der Waals surface area contributed by atoms with Crippen molar-refractivity contribution in [2.45, 2.75) is 58.5 Å². The first-order valence-corrected chi connectivity index (χ1v) is 9.48. The quantitative estimate of drug-likeness (QED) is 0.736. The van der Waals surface area contributed by atoms with Crippen LogP contribution in [-0.2, 0) is 22.2 Å². The van der Waals surface area contributed by atoms with Crippen LogP contribution >= 0.6 is 0 Å². The van der Waals surface area contributed by atoms with Crippen molar-refractivity contribution in [2.24, 2.45) is 0 Å². The zero-order valence-electron chi connectivity index (χ0n) is 17.1. The summed E-state index contributed by atoms with van der Waals surface area (Å²) in [6, 6.07) is 3.29. The summed E-state index contributed by atoms with van der Waals surface area (Å²) in [4.78, 5) is 25.5. The molecule has 29 heavy (non-hydrogen) atoms. The summed E-state index contributed by atoms with van der Waals surface area (Å²) in [7, 11) is 0. The van der Waals surface area contributed by atoms with Gasteiger partial charge in [-0.15, -0.1) is 0 Å². The van der Waals surface area contributed by atoms with Crippen LogP contribution in [0.5, 0.6) is 0 Å². The van der Waals surface area contributed by atoms with Crippen molar-refractivity contribution >= 4 is 12.1 Å². The van der Waals surface area contributed by atoms with E-state index in [1.807, 2.05) is 4.90 Å². The number of ether oxygens (including phenoxy) is 2. The van der Waals surface area contributed by atoms with Crippen molar-refractivity contribution in [1.29, 1.82) is 0 Å². The summed E-state index contributed by atoms with van der Waals surface area (Å²) >= 11 is 0. The monoisotopic (exact) mass is 416 g/mol. The summed E-state index contributed by atoms with van der Waals surface area (Å²) in [5.74, 6) is -0.785. The maximum absolute atomic E-state index is 13.5. The summed E-state index contributed by atoms with van der Waals surface area (Å²) in [6.07, 6.45) is -4.52. The molecular weight excluding hydrogens is 389 g/mol. The van der Waals surface area contributed by atoms with Crippen molar-refractivity contribution in [3.8, 4) is 0 Å². The van der Waals surface area contributed by atoms with Crippen LogP contribution in [0.4, 0.5) is 18.0 Å². The summed E-state index contributed by atoms with van der Waals surface area (Å²) in [6.45, 7) is 7.95. The van der Waals surface area contributed by atoms with Gasteiger partial charge < -0.3 is 14.8 Å². The van der Waals surface area contributed by atoms with Gasteiger partial charge in [-0.3, -0.25) is 4.90 Å². The molecule has 9 heteroatoms. The van der Waals surface area contributed by atoms with Gasteiger partial charge in [0.2, 0.25) is 0 Å². The lowest BCUT2D eigenvalue weighted by atomic mass is 10.0. The zero-order valence-corrected chi connectivity index (χ0v) is 17.1. The van der Waals surface area contributed by atoms with Gasteiger partial charge in [-0.05, 0) is 51.8 Å². The first-order valence-electron chi connectivity index (χ1n) is 9.48. The second-order valence-electron chi connectivity index (χ2n) is 7.96. The van der Waals surface area contributed by atoms with E-state index in [0.717, 1.165) is 6.07 Å². The second kappa shape index (κ2) is 9.02. The van der Waals surface area contributed by atoms with Crippen molar-refractivity contribution in [2.75, 3.05) is 19.7 Å². The Kier molecular flexibility index (Phi) is 7.15. The molecule has 1 fully saturated rings. The Hall–Kier alpha value is -2.29. The molecule has 1 N–H and O–H groups in total. The van der Waals surface area contributed by atoms with Gasteiger partial charge in [0.25, 0.3) is 0 Å². The van der Waals surface area contributed by atoms with E-state index in [-0.39, 0.29) is 30.3 Å². The minimum atomic E-state index is -4.59. The van der Waals surface area contributed by atoms with Gasteiger partial charge in [0.15, 0.2) is 0 Å². The maximum Gasteiger partial charge on any atom is 0.416 e. The molecule has 0 spiro atoms. The number of rotatable bonds is 5. The predicted molar refractivity (Wildman–Crippen MR) is 100 cm³/mol. The van der Waals surface area contributed by atoms with E-state index < -0.39 is 29.4 Å². The number of likely N-dealkylation sites (tertiary alicyclic amines) is 1. The van der Waals surface area contributed by atoms with Gasteiger partial charge in [0.05, 0.1) is 17.7 Å². The zero-order chi connectivity index (χ0) is 21.8. The topological polar surface area (TPSA) is 67.9 Å². The second-order valence-corrected chi connectivity index (χ2v) is 7.96. The van der Waals surface area contributed by atoms with Crippen molar-refractivity contribution < 1.29 is 32.2 Å². The van der Waals surface area contributed by atoms with Crippen molar-refractivity contribution in [3.05, 3.63) is 34.9 Å². The lowest BCUT2D eigenvalue weighted by Gasteiger charge is -2.22. The molecule has 1 aliphatic heterocycles. The van der Waals surface area contributed by atoms with E-state index in [1.165, 1.54) is 12.1 Å². The fourth-order valence-electron chi connectivity index (χ4n) is 3.13. The number of amides is 1. The Morgan fingerprint density at radius 2 is 1.93 bits per heavy atom. The molecule has 0 bridgehead atoms. The Labute approximate surface area is 168 Å². The SMILES string of the molecule is CCOC(=O)c1ccc(CN2CCC(NC(=O)OC(C)(C)C)C2)c(C(F)(F)F)c1. The molecular formula is C20H27F3N2O4. The van der Waals surface area contributed by atoms with Crippen LogP contribution in [0.15, 0.2) is 18.2 Å². The van der Waals surface area contributed by atoms with Crippen molar-refractivity contribution in [3.63, 3.8) is 0 Å². The van der Waals surface area contributed by atoms with Crippen LogP contribution in [0, 0.1) is 0 Å². The fraction of sp³-hybridized carbons (Fsp3) is 0.600. The van der Waals surface area contributed by atoms with Gasteiger partial charge in [0.1, 0.15) is 5.60 Å². The first-order chi connectivity index (χ1) is 13.4. The van der Waals surface area contributed by atoms with Gasteiger partial charge in [-0.2, -0.15) is 13.2 Å². The average Bonchev–Trinajstić information content (AvgIpc) is 2.99. The number of carbonyl (C=O) groups excluding carboxylic acids is 2. The molecule has 1 saturated heterocycles. The summed E-state index contributed by atoms with van der Waals surface area (Å²) < 4.78 is 50.5. The van der Waals surface area contributed by atoms with Gasteiger partial charge >= 0.3 is 18.2 Å². The number of nitrogens with zero attached hydrogens (tertiary/aromatic N) is 1. The number of hydrogen-bond donors (Lipinski definition) is 1. The Bertz CT molecular complexity index is 744. The minimum Gasteiger partial charge on any atom is -0.462 e. The number of alkyl halides is 3. The lowest BCUT2D eigenvalue weighted by molar-refractivity contribution is -0.138.